The lowest BCUT2D eigenvalue weighted by Gasteiger charge is -2.35. The van der Waals surface area contributed by atoms with E-state index in [0.717, 1.165) is 43.9 Å². The quantitative estimate of drug-likeness (QED) is 0.791. The second-order valence-electron chi connectivity index (χ2n) is 5.11. The number of amides is 1. The molecule has 3 rings (SSSR count). The van der Waals surface area contributed by atoms with Crippen LogP contribution in [0.5, 0.6) is 0 Å². The number of aromatic nitrogens is 1. The Morgan fingerprint density at radius 3 is 3.28 bits per heavy atom. The predicted octanol–water partition coefficient (Wildman–Crippen LogP) is 0.374. The molecule has 18 heavy (non-hydrogen) atoms. The summed E-state index contributed by atoms with van der Waals surface area (Å²) in [7, 11) is 0. The Hall–Kier alpha value is -1.62. The Labute approximate surface area is 106 Å². The van der Waals surface area contributed by atoms with E-state index in [1.165, 1.54) is 0 Å². The fourth-order valence-corrected chi connectivity index (χ4v) is 3.03. The smallest absolute Gasteiger partial charge is 0.224 e. The van der Waals surface area contributed by atoms with E-state index in [2.05, 4.69) is 15.2 Å². The number of rotatable bonds is 2. The van der Waals surface area contributed by atoms with Gasteiger partial charge in [-0.15, -0.1) is 0 Å². The monoisotopic (exact) mass is 246 g/mol. The highest BCUT2D eigenvalue weighted by Crippen LogP contribution is 2.28. The van der Waals surface area contributed by atoms with Gasteiger partial charge >= 0.3 is 0 Å². The minimum Gasteiger partial charge on any atom is -0.399 e. The van der Waals surface area contributed by atoms with Crippen LogP contribution in [0.15, 0.2) is 18.3 Å². The normalized spacial score (nSPS) is 27.9. The van der Waals surface area contributed by atoms with E-state index in [-0.39, 0.29) is 11.8 Å². The molecule has 0 aliphatic carbocycles. The van der Waals surface area contributed by atoms with Gasteiger partial charge in [-0.2, -0.15) is 0 Å². The lowest BCUT2D eigenvalue weighted by molar-refractivity contribution is -0.124. The van der Waals surface area contributed by atoms with Gasteiger partial charge in [0.25, 0.3) is 0 Å². The van der Waals surface area contributed by atoms with Crippen LogP contribution >= 0.6 is 0 Å². The zero-order valence-corrected chi connectivity index (χ0v) is 10.3. The molecule has 3 N–H and O–H groups in total. The third-order valence-electron chi connectivity index (χ3n) is 3.92. The van der Waals surface area contributed by atoms with Crippen LogP contribution in [0.3, 0.4) is 0 Å². The fourth-order valence-electron chi connectivity index (χ4n) is 3.03. The number of nitrogens with two attached hydrogens (primary N) is 1. The van der Waals surface area contributed by atoms with Gasteiger partial charge < -0.3 is 11.1 Å². The summed E-state index contributed by atoms with van der Waals surface area (Å²) in [5.74, 6) is 0.380. The molecule has 1 aromatic heterocycles. The van der Waals surface area contributed by atoms with Crippen molar-refractivity contribution in [1.29, 1.82) is 0 Å². The number of carbonyl (C=O) groups excluding carboxylic acids is 1. The maximum Gasteiger partial charge on any atom is 0.224 e. The third-order valence-corrected chi connectivity index (χ3v) is 3.92. The second-order valence-corrected chi connectivity index (χ2v) is 5.11. The first-order valence-corrected chi connectivity index (χ1v) is 6.46. The minimum absolute atomic E-state index is 0.166. The van der Waals surface area contributed by atoms with Crippen LogP contribution in [0.25, 0.3) is 0 Å². The average molecular weight is 246 g/mol. The number of anilines is 1. The molecule has 2 saturated heterocycles. The van der Waals surface area contributed by atoms with Crippen LogP contribution in [-0.4, -0.2) is 34.9 Å². The molecule has 5 heteroatoms. The van der Waals surface area contributed by atoms with Crippen molar-refractivity contribution in [2.24, 2.45) is 5.92 Å². The first kappa shape index (κ1) is 11.5. The van der Waals surface area contributed by atoms with Gasteiger partial charge in [0.05, 0.1) is 11.6 Å². The molecule has 2 atom stereocenters. The Balaban J connectivity index is 1.74. The number of hydrogen-bond donors (Lipinski definition) is 2. The van der Waals surface area contributed by atoms with Crippen molar-refractivity contribution in [2.75, 3.05) is 18.8 Å². The number of nitrogens with zero attached hydrogens (tertiary/aromatic N) is 2. The number of carbonyl (C=O) groups is 1. The van der Waals surface area contributed by atoms with E-state index >= 15 is 0 Å². The highest BCUT2D eigenvalue weighted by Gasteiger charge is 2.40. The molecule has 2 aliphatic rings. The Bertz CT molecular complexity index is 462. The summed E-state index contributed by atoms with van der Waals surface area (Å²) in [4.78, 5) is 18.4. The molecule has 96 valence electrons. The summed E-state index contributed by atoms with van der Waals surface area (Å²) in [6.07, 6.45) is 3.83. The zero-order chi connectivity index (χ0) is 12.5. The maximum atomic E-state index is 11.7. The van der Waals surface area contributed by atoms with Gasteiger partial charge in [-0.3, -0.25) is 14.7 Å². The molecule has 2 fully saturated rings. The van der Waals surface area contributed by atoms with Crippen molar-refractivity contribution in [3.8, 4) is 0 Å². The van der Waals surface area contributed by atoms with Crippen LogP contribution in [0.2, 0.25) is 0 Å². The molecule has 2 unspecified atom stereocenters. The number of nitrogens with one attached hydrogen (secondary N) is 1. The molecular weight excluding hydrogens is 228 g/mol. The molecule has 5 nitrogen and oxygen atoms in total. The number of fused-ring (bicyclic) bond motifs is 1. The largest absolute Gasteiger partial charge is 0.399 e. The van der Waals surface area contributed by atoms with E-state index in [1.54, 1.807) is 12.3 Å². The van der Waals surface area contributed by atoms with E-state index < -0.39 is 0 Å². The second kappa shape index (κ2) is 4.57. The number of piperidine rings is 1. The Morgan fingerprint density at radius 1 is 1.56 bits per heavy atom. The highest BCUT2D eigenvalue weighted by molar-refractivity contribution is 5.82. The molecule has 0 aromatic carbocycles. The first-order valence-electron chi connectivity index (χ1n) is 6.46. The maximum absolute atomic E-state index is 11.7. The van der Waals surface area contributed by atoms with Crippen LogP contribution < -0.4 is 11.1 Å². The highest BCUT2D eigenvalue weighted by atomic mass is 16.2. The van der Waals surface area contributed by atoms with Crippen molar-refractivity contribution in [1.82, 2.24) is 15.2 Å². The topological polar surface area (TPSA) is 71.2 Å². The summed E-state index contributed by atoms with van der Waals surface area (Å²) in [5, 5.41) is 2.96. The lowest BCUT2D eigenvalue weighted by Crippen LogP contribution is -2.45. The summed E-state index contributed by atoms with van der Waals surface area (Å²) < 4.78 is 0. The SMILES string of the molecule is Nc1ccnc(CN2CCCC3C(=O)NCC32)c1. The third kappa shape index (κ3) is 2.06. The van der Waals surface area contributed by atoms with Gasteiger partial charge in [-0.25, -0.2) is 0 Å². The van der Waals surface area contributed by atoms with Crippen LogP contribution in [0.4, 0.5) is 5.69 Å². The molecule has 0 radical (unpaired) electrons. The zero-order valence-electron chi connectivity index (χ0n) is 10.3. The first-order chi connectivity index (χ1) is 8.74. The lowest BCUT2D eigenvalue weighted by atomic mass is 9.91. The standard InChI is InChI=1S/C13H18N4O/c14-9-3-4-15-10(6-9)8-17-5-1-2-11-12(17)7-16-13(11)18/h3-4,6,11-12H,1-2,5,7-8H2,(H2,14,15)(H,16,18). The Morgan fingerprint density at radius 2 is 2.44 bits per heavy atom. The van der Waals surface area contributed by atoms with Gasteiger partial charge in [0.1, 0.15) is 0 Å². The molecule has 1 amide bonds. The number of likely N-dealkylation sites (tertiary alicyclic amines) is 1. The van der Waals surface area contributed by atoms with Crippen molar-refractivity contribution in [3.63, 3.8) is 0 Å². The number of nitrogen functional groups attached to an aromatic ring is 1. The molecular formula is C13H18N4O. The van der Waals surface area contributed by atoms with Crippen molar-refractivity contribution < 1.29 is 4.79 Å². The van der Waals surface area contributed by atoms with E-state index in [9.17, 15) is 4.79 Å². The van der Waals surface area contributed by atoms with Gasteiger partial charge in [0.15, 0.2) is 0 Å². The molecule has 1 aromatic rings. The van der Waals surface area contributed by atoms with Gasteiger partial charge in [-0.05, 0) is 31.5 Å². The van der Waals surface area contributed by atoms with Gasteiger partial charge in [0.2, 0.25) is 5.91 Å². The van der Waals surface area contributed by atoms with Crippen LogP contribution in [0, 0.1) is 5.92 Å². The molecule has 0 spiro atoms. The fraction of sp³-hybridized carbons (Fsp3) is 0.538. The van der Waals surface area contributed by atoms with Crippen LogP contribution in [0.1, 0.15) is 18.5 Å². The predicted molar refractivity (Wildman–Crippen MR) is 68.6 cm³/mol. The minimum atomic E-state index is 0.166. The number of pyridine rings is 1. The summed E-state index contributed by atoms with van der Waals surface area (Å²) >= 11 is 0. The molecule has 0 bridgehead atoms. The summed E-state index contributed by atoms with van der Waals surface area (Å²) in [6.45, 7) is 2.58. The van der Waals surface area contributed by atoms with E-state index in [1.807, 2.05) is 6.07 Å². The van der Waals surface area contributed by atoms with Crippen molar-refractivity contribution in [2.45, 2.75) is 25.4 Å². The van der Waals surface area contributed by atoms with Gasteiger partial charge in [-0.1, -0.05) is 0 Å². The molecule has 2 aliphatic heterocycles. The van der Waals surface area contributed by atoms with Crippen molar-refractivity contribution in [3.05, 3.63) is 24.0 Å². The average Bonchev–Trinajstić information content (AvgIpc) is 2.73. The molecule has 3 heterocycles. The van der Waals surface area contributed by atoms with Crippen LogP contribution in [-0.2, 0) is 11.3 Å². The number of hydrogen-bond acceptors (Lipinski definition) is 4. The summed E-state index contributed by atoms with van der Waals surface area (Å²) in [6, 6.07) is 4.03. The van der Waals surface area contributed by atoms with E-state index in [0.29, 0.717) is 6.04 Å². The van der Waals surface area contributed by atoms with Crippen molar-refractivity contribution >= 4 is 11.6 Å². The van der Waals surface area contributed by atoms with Gasteiger partial charge in [0, 0.05) is 31.0 Å². The Kier molecular flexibility index (Phi) is 2.91. The summed E-state index contributed by atoms with van der Waals surface area (Å²) in [5.41, 5.74) is 7.49. The molecule has 0 saturated carbocycles. The van der Waals surface area contributed by atoms with E-state index in [4.69, 9.17) is 5.73 Å².